The second kappa shape index (κ2) is 3.86. The molecule has 0 atom stereocenters. The predicted octanol–water partition coefficient (Wildman–Crippen LogP) is 3.38. The van der Waals surface area contributed by atoms with Crippen LogP contribution in [0.25, 0.3) is 16.6 Å². The highest BCUT2D eigenvalue weighted by Crippen LogP contribution is 2.21. The minimum absolute atomic E-state index is 0.722. The SMILES string of the molecule is Cc1nn(-c2ccc(Cl)cc2)c2cnccc12. The van der Waals surface area contributed by atoms with E-state index in [0.717, 1.165) is 27.3 Å². The maximum Gasteiger partial charge on any atom is 0.0927 e. The van der Waals surface area contributed by atoms with Crippen LogP contribution in [0.5, 0.6) is 0 Å². The summed E-state index contributed by atoms with van der Waals surface area (Å²) in [6.45, 7) is 1.99. The number of rotatable bonds is 1. The molecular formula is C13H10ClN3. The molecule has 1 aromatic carbocycles. The Hall–Kier alpha value is -1.87. The number of nitrogens with zero attached hydrogens (tertiary/aromatic N) is 3. The molecule has 17 heavy (non-hydrogen) atoms. The maximum atomic E-state index is 5.88. The zero-order valence-corrected chi connectivity index (χ0v) is 10.0. The number of fused-ring (bicyclic) bond motifs is 1. The van der Waals surface area contributed by atoms with E-state index in [4.69, 9.17) is 11.6 Å². The van der Waals surface area contributed by atoms with Gasteiger partial charge in [0.1, 0.15) is 0 Å². The lowest BCUT2D eigenvalue weighted by Crippen LogP contribution is -1.96. The first-order valence-corrected chi connectivity index (χ1v) is 5.69. The zero-order valence-electron chi connectivity index (χ0n) is 9.26. The second-order valence-electron chi connectivity index (χ2n) is 3.87. The van der Waals surface area contributed by atoms with Gasteiger partial charge in [-0.05, 0) is 37.3 Å². The number of hydrogen-bond donors (Lipinski definition) is 0. The van der Waals surface area contributed by atoms with Crippen LogP contribution in [-0.4, -0.2) is 14.8 Å². The van der Waals surface area contributed by atoms with E-state index >= 15 is 0 Å². The molecule has 0 amide bonds. The van der Waals surface area contributed by atoms with E-state index in [0.29, 0.717) is 0 Å². The van der Waals surface area contributed by atoms with Gasteiger partial charge in [0.15, 0.2) is 0 Å². The van der Waals surface area contributed by atoms with Gasteiger partial charge >= 0.3 is 0 Å². The van der Waals surface area contributed by atoms with Crippen LogP contribution >= 0.6 is 11.6 Å². The van der Waals surface area contributed by atoms with Crippen LogP contribution in [-0.2, 0) is 0 Å². The van der Waals surface area contributed by atoms with E-state index in [1.807, 2.05) is 48.1 Å². The average molecular weight is 244 g/mol. The molecule has 0 unspecified atom stereocenters. The molecular weight excluding hydrogens is 234 g/mol. The largest absolute Gasteiger partial charge is 0.262 e. The summed E-state index contributed by atoms with van der Waals surface area (Å²) in [5.41, 5.74) is 2.99. The Morgan fingerprint density at radius 3 is 2.65 bits per heavy atom. The topological polar surface area (TPSA) is 30.7 Å². The number of aromatic nitrogens is 3. The van der Waals surface area contributed by atoms with Crippen LogP contribution in [0.4, 0.5) is 0 Å². The van der Waals surface area contributed by atoms with E-state index in [-0.39, 0.29) is 0 Å². The maximum absolute atomic E-state index is 5.88. The molecule has 0 N–H and O–H groups in total. The van der Waals surface area contributed by atoms with E-state index in [1.165, 1.54) is 0 Å². The number of hydrogen-bond acceptors (Lipinski definition) is 2. The smallest absolute Gasteiger partial charge is 0.0927 e. The molecule has 0 aliphatic heterocycles. The molecule has 0 bridgehead atoms. The van der Waals surface area contributed by atoms with Crippen molar-refractivity contribution in [1.82, 2.24) is 14.8 Å². The van der Waals surface area contributed by atoms with Gasteiger partial charge in [0, 0.05) is 16.6 Å². The first-order chi connectivity index (χ1) is 8.25. The molecule has 2 heterocycles. The lowest BCUT2D eigenvalue weighted by Gasteiger charge is -2.02. The minimum atomic E-state index is 0.722. The first kappa shape index (κ1) is 10.3. The molecule has 0 saturated heterocycles. The van der Waals surface area contributed by atoms with E-state index in [2.05, 4.69) is 10.1 Å². The van der Waals surface area contributed by atoms with Gasteiger partial charge in [0.05, 0.1) is 23.1 Å². The van der Waals surface area contributed by atoms with Gasteiger partial charge < -0.3 is 0 Å². The van der Waals surface area contributed by atoms with Crippen molar-refractivity contribution in [3.8, 4) is 5.69 Å². The van der Waals surface area contributed by atoms with Crippen molar-refractivity contribution in [3.05, 3.63) is 53.4 Å². The van der Waals surface area contributed by atoms with E-state index in [1.54, 1.807) is 6.20 Å². The molecule has 0 fully saturated rings. The number of pyridine rings is 1. The Morgan fingerprint density at radius 1 is 1.12 bits per heavy atom. The summed E-state index contributed by atoms with van der Waals surface area (Å²) < 4.78 is 1.88. The van der Waals surface area contributed by atoms with Crippen molar-refractivity contribution in [1.29, 1.82) is 0 Å². The van der Waals surface area contributed by atoms with Gasteiger partial charge in [-0.15, -0.1) is 0 Å². The zero-order chi connectivity index (χ0) is 11.8. The van der Waals surface area contributed by atoms with Crippen LogP contribution in [0, 0.1) is 6.92 Å². The summed E-state index contributed by atoms with van der Waals surface area (Å²) in [6.07, 6.45) is 3.60. The predicted molar refractivity (Wildman–Crippen MR) is 68.6 cm³/mol. The molecule has 0 aliphatic rings. The summed E-state index contributed by atoms with van der Waals surface area (Å²) in [6, 6.07) is 9.58. The third-order valence-corrected chi connectivity index (χ3v) is 2.99. The lowest BCUT2D eigenvalue weighted by molar-refractivity contribution is 0.887. The van der Waals surface area contributed by atoms with Crippen LogP contribution in [0.15, 0.2) is 42.7 Å². The number of benzene rings is 1. The third-order valence-electron chi connectivity index (χ3n) is 2.74. The average Bonchev–Trinajstić information content (AvgIpc) is 2.69. The van der Waals surface area contributed by atoms with Crippen molar-refractivity contribution in [2.75, 3.05) is 0 Å². The fraction of sp³-hybridized carbons (Fsp3) is 0.0769. The molecule has 84 valence electrons. The van der Waals surface area contributed by atoms with E-state index in [9.17, 15) is 0 Å². The fourth-order valence-corrected chi connectivity index (χ4v) is 2.02. The number of halogens is 1. The van der Waals surface area contributed by atoms with Gasteiger partial charge in [-0.2, -0.15) is 5.10 Å². The molecule has 0 aliphatic carbocycles. The third kappa shape index (κ3) is 1.68. The Bertz CT molecular complexity index is 671. The highest BCUT2D eigenvalue weighted by molar-refractivity contribution is 6.30. The highest BCUT2D eigenvalue weighted by Gasteiger charge is 2.08. The monoisotopic (exact) mass is 243 g/mol. The Labute approximate surface area is 104 Å². The normalized spacial score (nSPS) is 10.9. The highest BCUT2D eigenvalue weighted by atomic mass is 35.5. The Balaban J connectivity index is 2.27. The molecule has 3 aromatic rings. The second-order valence-corrected chi connectivity index (χ2v) is 4.30. The Morgan fingerprint density at radius 2 is 1.88 bits per heavy atom. The molecule has 0 radical (unpaired) electrons. The molecule has 3 rings (SSSR count). The quantitative estimate of drug-likeness (QED) is 0.656. The molecule has 4 heteroatoms. The van der Waals surface area contributed by atoms with Gasteiger partial charge in [-0.1, -0.05) is 11.6 Å². The van der Waals surface area contributed by atoms with Crippen LogP contribution in [0.1, 0.15) is 5.69 Å². The minimum Gasteiger partial charge on any atom is -0.262 e. The van der Waals surface area contributed by atoms with Gasteiger partial charge in [-0.25, -0.2) is 4.68 Å². The van der Waals surface area contributed by atoms with Crippen LogP contribution < -0.4 is 0 Å². The van der Waals surface area contributed by atoms with Gasteiger partial charge in [0.25, 0.3) is 0 Å². The summed E-state index contributed by atoms with van der Waals surface area (Å²) in [5, 5.41) is 6.37. The van der Waals surface area contributed by atoms with Crippen LogP contribution in [0.2, 0.25) is 5.02 Å². The summed E-state index contributed by atoms with van der Waals surface area (Å²) in [5.74, 6) is 0. The van der Waals surface area contributed by atoms with E-state index < -0.39 is 0 Å². The molecule has 0 spiro atoms. The molecule has 2 aromatic heterocycles. The number of aryl methyl sites for hydroxylation is 1. The summed E-state index contributed by atoms with van der Waals surface area (Å²) >= 11 is 5.88. The van der Waals surface area contributed by atoms with Crippen molar-refractivity contribution in [3.63, 3.8) is 0 Å². The Kier molecular flexibility index (Phi) is 2.34. The van der Waals surface area contributed by atoms with Gasteiger partial charge in [-0.3, -0.25) is 4.98 Å². The standard InChI is InChI=1S/C13H10ClN3/c1-9-12-6-7-15-8-13(12)17(16-9)11-4-2-10(14)3-5-11/h2-8H,1H3. The van der Waals surface area contributed by atoms with Crippen LogP contribution in [0.3, 0.4) is 0 Å². The summed E-state index contributed by atoms with van der Waals surface area (Å²) in [7, 11) is 0. The molecule has 3 nitrogen and oxygen atoms in total. The van der Waals surface area contributed by atoms with Crippen molar-refractivity contribution < 1.29 is 0 Å². The van der Waals surface area contributed by atoms with Crippen molar-refractivity contribution >= 4 is 22.5 Å². The van der Waals surface area contributed by atoms with Crippen molar-refractivity contribution in [2.45, 2.75) is 6.92 Å². The first-order valence-electron chi connectivity index (χ1n) is 5.31. The van der Waals surface area contributed by atoms with Crippen molar-refractivity contribution in [2.24, 2.45) is 0 Å². The fourth-order valence-electron chi connectivity index (χ4n) is 1.90. The molecule has 0 saturated carbocycles. The summed E-state index contributed by atoms with van der Waals surface area (Å²) in [4.78, 5) is 4.14. The van der Waals surface area contributed by atoms with Gasteiger partial charge in [0.2, 0.25) is 0 Å². The lowest BCUT2D eigenvalue weighted by atomic mass is 10.2.